The Hall–Kier alpha value is -1.90. The number of hydrogen-bond donors (Lipinski definition) is 2. The predicted molar refractivity (Wildman–Crippen MR) is 93.8 cm³/mol. The molecule has 0 aliphatic carbocycles. The molecule has 0 saturated heterocycles. The van der Waals surface area contributed by atoms with Gasteiger partial charge >= 0.3 is 0 Å². The summed E-state index contributed by atoms with van der Waals surface area (Å²) in [4.78, 5) is -0.189. The van der Waals surface area contributed by atoms with E-state index >= 15 is 0 Å². The molecule has 0 atom stereocenters. The topological polar surface area (TPSA) is 106 Å². The lowest BCUT2D eigenvalue weighted by Crippen LogP contribution is -2.15. The minimum atomic E-state index is -3.86. The van der Waals surface area contributed by atoms with Gasteiger partial charge in [-0.25, -0.2) is 22.0 Å². The minimum Gasteiger partial charge on any atom is -0.280 e. The van der Waals surface area contributed by atoms with E-state index in [4.69, 9.17) is 5.14 Å². The first kappa shape index (κ1) is 18.4. The fourth-order valence-corrected chi connectivity index (χ4v) is 3.63. The Kier molecular flexibility index (Phi) is 4.76. The van der Waals surface area contributed by atoms with Crippen molar-refractivity contribution in [2.75, 3.05) is 4.72 Å². The normalized spacial score (nSPS) is 12.8. The molecule has 2 rings (SSSR count). The van der Waals surface area contributed by atoms with Crippen LogP contribution in [0.3, 0.4) is 0 Å². The van der Waals surface area contributed by atoms with Gasteiger partial charge in [-0.15, -0.1) is 0 Å². The molecular weight excluding hydrogens is 348 g/mol. The zero-order chi connectivity index (χ0) is 18.2. The molecule has 0 spiro atoms. The van der Waals surface area contributed by atoms with Crippen molar-refractivity contribution in [3.63, 3.8) is 0 Å². The van der Waals surface area contributed by atoms with Crippen molar-refractivity contribution >= 4 is 25.7 Å². The van der Waals surface area contributed by atoms with Crippen LogP contribution in [0.25, 0.3) is 0 Å². The monoisotopic (exact) mass is 368 g/mol. The van der Waals surface area contributed by atoms with E-state index in [2.05, 4.69) is 25.5 Å². The highest BCUT2D eigenvalue weighted by atomic mass is 32.2. The molecule has 0 bridgehead atoms. The molecule has 0 fully saturated rings. The van der Waals surface area contributed by atoms with Crippen LogP contribution in [-0.4, -0.2) is 16.8 Å². The second-order valence-electron chi connectivity index (χ2n) is 6.45. The first-order chi connectivity index (χ1) is 10.9. The van der Waals surface area contributed by atoms with Crippen LogP contribution in [0.5, 0.6) is 0 Å². The van der Waals surface area contributed by atoms with Crippen molar-refractivity contribution in [3.05, 3.63) is 54.1 Å². The number of benzene rings is 2. The molecule has 8 heteroatoms. The third-order valence-corrected chi connectivity index (χ3v) is 5.79. The Labute approximate surface area is 142 Å². The lowest BCUT2D eigenvalue weighted by molar-refractivity contribution is 0.590. The molecule has 0 radical (unpaired) electrons. The standard InChI is InChI=1S/C16H20N2O4S2/c1-16(2,3)12-4-6-13(7-5-12)18-24(21,22)15-10-8-14(9-11-15)23(17,19)20/h4-11,18H,1-3H3,(H2,17,19,20). The molecule has 130 valence electrons. The molecule has 0 aliphatic heterocycles. The first-order valence-corrected chi connectivity index (χ1v) is 10.2. The van der Waals surface area contributed by atoms with E-state index < -0.39 is 20.0 Å². The zero-order valence-electron chi connectivity index (χ0n) is 13.6. The van der Waals surface area contributed by atoms with Gasteiger partial charge in [0.25, 0.3) is 10.0 Å². The molecule has 0 amide bonds. The van der Waals surface area contributed by atoms with Gasteiger partial charge in [0, 0.05) is 5.69 Å². The predicted octanol–water partition coefficient (Wildman–Crippen LogP) is 2.43. The molecule has 2 aromatic carbocycles. The van der Waals surface area contributed by atoms with Gasteiger partial charge in [-0.3, -0.25) is 4.72 Å². The number of primary sulfonamides is 1. The molecule has 0 saturated carbocycles. The van der Waals surface area contributed by atoms with E-state index in [9.17, 15) is 16.8 Å². The van der Waals surface area contributed by atoms with Gasteiger partial charge in [-0.05, 0) is 47.4 Å². The number of nitrogens with one attached hydrogen (secondary N) is 1. The Morgan fingerprint density at radius 3 is 1.67 bits per heavy atom. The summed E-state index contributed by atoms with van der Waals surface area (Å²) < 4.78 is 49.6. The van der Waals surface area contributed by atoms with E-state index in [1.54, 1.807) is 12.1 Å². The van der Waals surface area contributed by atoms with Gasteiger partial charge in [0.1, 0.15) is 0 Å². The van der Waals surface area contributed by atoms with Crippen LogP contribution >= 0.6 is 0 Å². The van der Waals surface area contributed by atoms with Crippen LogP contribution < -0.4 is 9.86 Å². The SMILES string of the molecule is CC(C)(C)c1ccc(NS(=O)(=O)c2ccc(S(N)(=O)=O)cc2)cc1. The van der Waals surface area contributed by atoms with E-state index in [0.717, 1.165) is 17.7 Å². The average molecular weight is 368 g/mol. The summed E-state index contributed by atoms with van der Waals surface area (Å²) in [5.74, 6) is 0. The summed E-state index contributed by atoms with van der Waals surface area (Å²) in [6.07, 6.45) is 0. The van der Waals surface area contributed by atoms with E-state index in [1.807, 2.05) is 12.1 Å². The van der Waals surface area contributed by atoms with E-state index in [1.165, 1.54) is 12.1 Å². The quantitative estimate of drug-likeness (QED) is 0.864. The van der Waals surface area contributed by atoms with Gasteiger partial charge in [0.2, 0.25) is 10.0 Å². The molecule has 0 unspecified atom stereocenters. The van der Waals surface area contributed by atoms with Crippen LogP contribution in [-0.2, 0) is 25.5 Å². The van der Waals surface area contributed by atoms with Gasteiger partial charge < -0.3 is 0 Å². The molecule has 3 N–H and O–H groups in total. The van der Waals surface area contributed by atoms with Crippen molar-refractivity contribution in [2.24, 2.45) is 5.14 Å². The zero-order valence-corrected chi connectivity index (χ0v) is 15.3. The largest absolute Gasteiger partial charge is 0.280 e. The molecule has 0 aromatic heterocycles. The van der Waals surface area contributed by atoms with Gasteiger partial charge in [0.15, 0.2) is 0 Å². The Morgan fingerprint density at radius 2 is 1.25 bits per heavy atom. The summed E-state index contributed by atoms with van der Waals surface area (Å²) in [6, 6.07) is 11.8. The van der Waals surface area contributed by atoms with Crippen molar-refractivity contribution in [2.45, 2.75) is 36.0 Å². The Balaban J connectivity index is 2.25. The van der Waals surface area contributed by atoms with Crippen LogP contribution in [0.15, 0.2) is 58.3 Å². The second kappa shape index (κ2) is 6.19. The minimum absolute atomic E-state index is 0.0268. The van der Waals surface area contributed by atoms with E-state index in [-0.39, 0.29) is 15.2 Å². The third-order valence-electron chi connectivity index (χ3n) is 3.47. The molecule has 0 heterocycles. The lowest BCUT2D eigenvalue weighted by atomic mass is 9.87. The van der Waals surface area contributed by atoms with Crippen molar-refractivity contribution < 1.29 is 16.8 Å². The Bertz CT molecular complexity index is 925. The van der Waals surface area contributed by atoms with E-state index in [0.29, 0.717) is 5.69 Å². The van der Waals surface area contributed by atoms with Crippen molar-refractivity contribution in [3.8, 4) is 0 Å². The molecule has 24 heavy (non-hydrogen) atoms. The first-order valence-electron chi connectivity index (χ1n) is 7.16. The number of nitrogens with two attached hydrogens (primary N) is 1. The highest BCUT2D eigenvalue weighted by Gasteiger charge is 2.17. The van der Waals surface area contributed by atoms with Crippen LogP contribution in [0.2, 0.25) is 0 Å². The highest BCUT2D eigenvalue weighted by molar-refractivity contribution is 7.92. The average Bonchev–Trinajstić information content (AvgIpc) is 2.46. The third kappa shape index (κ3) is 4.34. The fraction of sp³-hybridized carbons (Fsp3) is 0.250. The maximum Gasteiger partial charge on any atom is 0.261 e. The van der Waals surface area contributed by atoms with Crippen LogP contribution in [0.4, 0.5) is 5.69 Å². The highest BCUT2D eigenvalue weighted by Crippen LogP contribution is 2.24. The molecule has 6 nitrogen and oxygen atoms in total. The van der Waals surface area contributed by atoms with Crippen LogP contribution in [0.1, 0.15) is 26.3 Å². The van der Waals surface area contributed by atoms with Crippen molar-refractivity contribution in [1.82, 2.24) is 0 Å². The molecule has 0 aliphatic rings. The number of anilines is 1. The summed E-state index contributed by atoms with van der Waals surface area (Å²) in [5, 5.41) is 5.00. The van der Waals surface area contributed by atoms with Crippen LogP contribution in [0, 0.1) is 0 Å². The summed E-state index contributed by atoms with van der Waals surface area (Å²) in [6.45, 7) is 6.21. The summed E-state index contributed by atoms with van der Waals surface area (Å²) >= 11 is 0. The lowest BCUT2D eigenvalue weighted by Gasteiger charge is -2.19. The molecule has 2 aromatic rings. The molecular formula is C16H20N2O4S2. The summed E-state index contributed by atoms with van der Waals surface area (Å²) in [5.41, 5.74) is 1.49. The van der Waals surface area contributed by atoms with Crippen molar-refractivity contribution in [1.29, 1.82) is 0 Å². The van der Waals surface area contributed by atoms with Gasteiger partial charge in [0.05, 0.1) is 9.79 Å². The number of sulfonamides is 2. The van der Waals surface area contributed by atoms with Gasteiger partial charge in [-0.1, -0.05) is 32.9 Å². The Morgan fingerprint density at radius 1 is 0.792 bits per heavy atom. The summed E-state index contributed by atoms with van der Waals surface area (Å²) in [7, 11) is -7.67. The van der Waals surface area contributed by atoms with Gasteiger partial charge in [-0.2, -0.15) is 0 Å². The fourth-order valence-electron chi connectivity index (χ4n) is 2.06. The number of rotatable bonds is 4. The number of hydrogen-bond acceptors (Lipinski definition) is 4. The second-order valence-corrected chi connectivity index (χ2v) is 9.69. The maximum atomic E-state index is 12.4. The smallest absolute Gasteiger partial charge is 0.261 e. The maximum absolute atomic E-state index is 12.4.